The summed E-state index contributed by atoms with van der Waals surface area (Å²) in [6.07, 6.45) is 3.54. The Hall–Kier alpha value is -2.95. The molecule has 2 aromatic carbocycles. The molecule has 1 atom stereocenters. The second-order valence-corrected chi connectivity index (χ2v) is 7.06. The van der Waals surface area contributed by atoms with E-state index in [9.17, 15) is 9.59 Å². The summed E-state index contributed by atoms with van der Waals surface area (Å²) in [5, 5.41) is 2.93. The van der Waals surface area contributed by atoms with Gasteiger partial charge in [-0.2, -0.15) is 0 Å². The van der Waals surface area contributed by atoms with E-state index >= 15 is 0 Å². The molecule has 0 spiro atoms. The van der Waals surface area contributed by atoms with Crippen molar-refractivity contribution in [3.63, 3.8) is 0 Å². The second kappa shape index (κ2) is 7.35. The highest BCUT2D eigenvalue weighted by atomic mass is 16.2. The van der Waals surface area contributed by atoms with Gasteiger partial charge in [-0.15, -0.1) is 0 Å². The van der Waals surface area contributed by atoms with Gasteiger partial charge in [-0.05, 0) is 55.5 Å². The molecule has 1 N–H and O–H groups in total. The minimum atomic E-state index is -0.201. The van der Waals surface area contributed by atoms with Gasteiger partial charge in [0.1, 0.15) is 6.54 Å². The molecule has 0 bridgehead atoms. The quantitative estimate of drug-likeness (QED) is 0.891. The Labute approximate surface area is 159 Å². The van der Waals surface area contributed by atoms with Gasteiger partial charge in [0, 0.05) is 11.4 Å². The molecule has 0 aromatic heterocycles. The summed E-state index contributed by atoms with van der Waals surface area (Å²) in [5.41, 5.74) is 4.35. The molecule has 0 radical (unpaired) electrons. The Bertz CT molecular complexity index is 919. The van der Waals surface area contributed by atoms with E-state index in [1.54, 1.807) is 4.90 Å². The number of benzene rings is 2. The van der Waals surface area contributed by atoms with Crippen molar-refractivity contribution < 1.29 is 9.59 Å². The molecule has 5 heteroatoms. The highest BCUT2D eigenvalue weighted by Crippen LogP contribution is 2.37. The molecule has 1 saturated carbocycles. The van der Waals surface area contributed by atoms with Crippen molar-refractivity contribution in [1.29, 1.82) is 0 Å². The van der Waals surface area contributed by atoms with Gasteiger partial charge >= 0.3 is 0 Å². The van der Waals surface area contributed by atoms with Gasteiger partial charge in [-0.25, -0.2) is 0 Å². The normalized spacial score (nSPS) is 18.4. The molecular formula is C22H23N3O2. The summed E-state index contributed by atoms with van der Waals surface area (Å²) in [4.78, 5) is 32.2. The summed E-state index contributed by atoms with van der Waals surface area (Å²) in [6, 6.07) is 15.4. The van der Waals surface area contributed by atoms with Gasteiger partial charge < -0.3 is 10.2 Å². The highest BCUT2D eigenvalue weighted by molar-refractivity contribution is 6.16. The Balaban J connectivity index is 1.59. The molecule has 2 aliphatic rings. The first kappa shape index (κ1) is 17.5. The number of hydrogen-bond donors (Lipinski definition) is 1. The van der Waals surface area contributed by atoms with E-state index in [2.05, 4.69) is 12.2 Å². The number of anilines is 2. The number of fused-ring (bicyclic) bond motifs is 2. The smallest absolute Gasteiger partial charge is 0.244 e. The Morgan fingerprint density at radius 1 is 1.22 bits per heavy atom. The summed E-state index contributed by atoms with van der Waals surface area (Å²) in [5.74, 6) is -0.421. The first-order chi connectivity index (χ1) is 13.2. The predicted octanol–water partition coefficient (Wildman–Crippen LogP) is 4.11. The van der Waals surface area contributed by atoms with Crippen LogP contribution in [0, 0.1) is 5.92 Å². The van der Waals surface area contributed by atoms with Crippen molar-refractivity contribution in [3.8, 4) is 0 Å². The lowest BCUT2D eigenvalue weighted by Gasteiger charge is -2.24. The van der Waals surface area contributed by atoms with Crippen LogP contribution in [-0.4, -0.2) is 24.1 Å². The topological polar surface area (TPSA) is 61.8 Å². The molecule has 5 nitrogen and oxygen atoms in total. The molecule has 1 heterocycles. The maximum absolute atomic E-state index is 13.1. The lowest BCUT2D eigenvalue weighted by Crippen LogP contribution is -2.41. The number of carbonyl (C=O) groups is 2. The van der Waals surface area contributed by atoms with E-state index in [-0.39, 0.29) is 24.3 Å². The molecule has 4 rings (SSSR count). The van der Waals surface area contributed by atoms with Crippen LogP contribution in [0.5, 0.6) is 0 Å². The number of nitrogens with one attached hydrogen (secondary N) is 1. The lowest BCUT2D eigenvalue weighted by atomic mass is 10.1. The maximum atomic E-state index is 13.1. The van der Waals surface area contributed by atoms with E-state index in [0.717, 1.165) is 48.3 Å². The van der Waals surface area contributed by atoms with Crippen molar-refractivity contribution in [2.45, 2.75) is 32.6 Å². The van der Waals surface area contributed by atoms with Crippen molar-refractivity contribution in [1.82, 2.24) is 0 Å². The van der Waals surface area contributed by atoms with Crippen LogP contribution in [0.15, 0.2) is 53.5 Å². The zero-order valence-electron chi connectivity index (χ0n) is 15.4. The van der Waals surface area contributed by atoms with Crippen LogP contribution in [0.4, 0.5) is 17.1 Å². The van der Waals surface area contributed by atoms with Crippen LogP contribution in [0.25, 0.3) is 0 Å². The first-order valence-corrected chi connectivity index (χ1v) is 9.52. The van der Waals surface area contributed by atoms with Crippen LogP contribution >= 0.6 is 0 Å². The Morgan fingerprint density at radius 2 is 2.07 bits per heavy atom. The summed E-state index contributed by atoms with van der Waals surface area (Å²) in [7, 11) is 0. The van der Waals surface area contributed by atoms with Gasteiger partial charge in [-0.3, -0.25) is 14.6 Å². The summed E-state index contributed by atoms with van der Waals surface area (Å²) < 4.78 is 0. The number of amides is 2. The minimum absolute atomic E-state index is 0.00843. The molecular weight excluding hydrogens is 338 g/mol. The van der Waals surface area contributed by atoms with Crippen LogP contribution in [-0.2, 0) is 16.0 Å². The molecule has 2 aromatic rings. The van der Waals surface area contributed by atoms with Gasteiger partial charge in [0.05, 0.1) is 17.3 Å². The van der Waals surface area contributed by atoms with Crippen molar-refractivity contribution in [3.05, 3.63) is 54.1 Å². The highest BCUT2D eigenvalue weighted by Gasteiger charge is 2.37. The number of aliphatic imine (C=N–C) groups is 1. The molecule has 2 amide bonds. The van der Waals surface area contributed by atoms with E-state index < -0.39 is 0 Å². The lowest BCUT2D eigenvalue weighted by molar-refractivity contribution is -0.122. The average molecular weight is 361 g/mol. The zero-order valence-corrected chi connectivity index (χ0v) is 15.4. The standard InChI is InChI=1S/C22H23N3O2/c1-2-15-7-5-8-16(13-15)23-21(26)14-25-20-12-4-3-10-19(20)24-18-11-6-9-17(18)22(25)27/h3-5,7-8,10,12-13,17H,2,6,9,11,14H2,1H3,(H,23,26)/t17-/m1/s1. The average Bonchev–Trinajstić information content (AvgIpc) is 3.11. The number of aryl methyl sites for hydroxylation is 1. The van der Waals surface area contributed by atoms with Crippen LogP contribution in [0.3, 0.4) is 0 Å². The fourth-order valence-corrected chi connectivity index (χ4v) is 3.85. The number of carbonyl (C=O) groups excluding carboxylic acids is 2. The molecule has 1 aliphatic carbocycles. The SMILES string of the molecule is CCc1cccc(NC(=O)CN2C(=O)[C@@H]3CCCC3=Nc3ccccc32)c1. The van der Waals surface area contributed by atoms with Crippen molar-refractivity contribution >= 4 is 34.6 Å². The Kier molecular flexibility index (Phi) is 4.75. The maximum Gasteiger partial charge on any atom is 0.244 e. The van der Waals surface area contributed by atoms with E-state index in [1.807, 2.05) is 48.5 Å². The molecule has 0 saturated heterocycles. The molecule has 27 heavy (non-hydrogen) atoms. The largest absolute Gasteiger partial charge is 0.325 e. The number of rotatable bonds is 4. The number of hydrogen-bond acceptors (Lipinski definition) is 3. The van der Waals surface area contributed by atoms with E-state index in [4.69, 9.17) is 4.99 Å². The van der Waals surface area contributed by atoms with Crippen LogP contribution in [0.1, 0.15) is 31.7 Å². The minimum Gasteiger partial charge on any atom is -0.325 e. The fraction of sp³-hybridized carbons (Fsp3) is 0.318. The van der Waals surface area contributed by atoms with Gasteiger partial charge in [0.15, 0.2) is 0 Å². The molecule has 1 fully saturated rings. The third kappa shape index (κ3) is 3.50. The van der Waals surface area contributed by atoms with Crippen LogP contribution in [0.2, 0.25) is 0 Å². The van der Waals surface area contributed by atoms with Crippen LogP contribution < -0.4 is 10.2 Å². The van der Waals surface area contributed by atoms with E-state index in [0.29, 0.717) is 5.69 Å². The monoisotopic (exact) mass is 361 g/mol. The first-order valence-electron chi connectivity index (χ1n) is 9.52. The molecule has 138 valence electrons. The molecule has 0 unspecified atom stereocenters. The van der Waals surface area contributed by atoms with Gasteiger partial charge in [0.2, 0.25) is 11.8 Å². The van der Waals surface area contributed by atoms with E-state index in [1.165, 1.54) is 0 Å². The third-order valence-corrected chi connectivity index (χ3v) is 5.25. The molecule has 1 aliphatic heterocycles. The third-order valence-electron chi connectivity index (χ3n) is 5.25. The zero-order chi connectivity index (χ0) is 18.8. The van der Waals surface area contributed by atoms with Gasteiger partial charge in [-0.1, -0.05) is 31.2 Å². The number of nitrogens with zero attached hydrogens (tertiary/aromatic N) is 2. The second-order valence-electron chi connectivity index (χ2n) is 7.06. The fourth-order valence-electron chi connectivity index (χ4n) is 3.85. The summed E-state index contributed by atoms with van der Waals surface area (Å²) in [6.45, 7) is 2.07. The Morgan fingerprint density at radius 3 is 2.93 bits per heavy atom. The summed E-state index contributed by atoms with van der Waals surface area (Å²) >= 11 is 0. The van der Waals surface area contributed by atoms with Crippen molar-refractivity contribution in [2.75, 3.05) is 16.8 Å². The number of para-hydroxylation sites is 2. The van der Waals surface area contributed by atoms with Gasteiger partial charge in [0.25, 0.3) is 0 Å². The van der Waals surface area contributed by atoms with Crippen molar-refractivity contribution in [2.24, 2.45) is 10.9 Å². The predicted molar refractivity (Wildman–Crippen MR) is 108 cm³/mol.